The first-order valence-electron chi connectivity index (χ1n) is 7.86. The van der Waals surface area contributed by atoms with Crippen LogP contribution in [0, 0.1) is 13.8 Å². The number of rotatable bonds is 5. The molecule has 3 aromatic rings. The van der Waals surface area contributed by atoms with Crippen LogP contribution in [-0.2, 0) is 4.79 Å². The van der Waals surface area contributed by atoms with Crippen molar-refractivity contribution in [1.29, 1.82) is 0 Å². The van der Waals surface area contributed by atoms with E-state index in [0.717, 1.165) is 22.5 Å². The summed E-state index contributed by atoms with van der Waals surface area (Å²) in [6.45, 7) is 3.86. The van der Waals surface area contributed by atoms with E-state index in [4.69, 9.17) is 4.74 Å². The molecule has 0 unspecified atom stereocenters. The van der Waals surface area contributed by atoms with Crippen LogP contribution in [-0.4, -0.2) is 17.2 Å². The van der Waals surface area contributed by atoms with Crippen molar-refractivity contribution in [3.63, 3.8) is 0 Å². The third kappa shape index (κ3) is 3.66. The van der Waals surface area contributed by atoms with Crippen LogP contribution in [0.2, 0.25) is 0 Å². The predicted octanol–water partition coefficient (Wildman–Crippen LogP) is 3.92. The lowest BCUT2D eigenvalue weighted by Crippen LogP contribution is -2.29. The lowest BCUT2D eigenvalue weighted by Gasteiger charge is -2.12. The van der Waals surface area contributed by atoms with Gasteiger partial charge in [0.1, 0.15) is 5.75 Å². The Morgan fingerprint density at radius 3 is 2.08 bits per heavy atom. The number of hydrogen-bond acceptors (Lipinski definition) is 2. The van der Waals surface area contributed by atoms with Gasteiger partial charge in [-0.25, -0.2) is 0 Å². The topological polar surface area (TPSA) is 43.3 Å². The molecule has 4 heteroatoms. The Bertz CT molecular complexity index is 801. The van der Waals surface area contributed by atoms with Crippen molar-refractivity contribution < 1.29 is 9.53 Å². The molecule has 2 aromatic carbocycles. The van der Waals surface area contributed by atoms with Gasteiger partial charge < -0.3 is 4.74 Å². The van der Waals surface area contributed by atoms with E-state index < -0.39 is 0 Å². The number of amides is 1. The molecule has 0 saturated heterocycles. The second kappa shape index (κ2) is 7.04. The number of aryl methyl sites for hydroxylation is 2. The van der Waals surface area contributed by atoms with Crippen LogP contribution >= 0.6 is 0 Å². The first kappa shape index (κ1) is 15.9. The first-order valence-corrected chi connectivity index (χ1v) is 7.86. The molecule has 0 aliphatic heterocycles. The van der Waals surface area contributed by atoms with Crippen LogP contribution in [0.5, 0.6) is 5.75 Å². The van der Waals surface area contributed by atoms with Gasteiger partial charge in [-0.3, -0.25) is 14.9 Å². The molecule has 1 N–H and O–H groups in total. The highest BCUT2D eigenvalue weighted by Gasteiger charge is 2.07. The molecule has 24 heavy (non-hydrogen) atoms. The maximum absolute atomic E-state index is 12.0. The molecule has 122 valence electrons. The first-order chi connectivity index (χ1) is 11.6. The Morgan fingerprint density at radius 2 is 1.46 bits per heavy atom. The molecule has 1 aromatic heterocycles. The van der Waals surface area contributed by atoms with Crippen molar-refractivity contribution in [2.24, 2.45) is 0 Å². The van der Waals surface area contributed by atoms with Gasteiger partial charge >= 0.3 is 0 Å². The summed E-state index contributed by atoms with van der Waals surface area (Å²) >= 11 is 0. The molecule has 0 aliphatic rings. The lowest BCUT2D eigenvalue weighted by molar-refractivity contribution is -0.119. The van der Waals surface area contributed by atoms with Gasteiger partial charge in [-0.05, 0) is 49.2 Å². The summed E-state index contributed by atoms with van der Waals surface area (Å²) in [4.78, 5) is 12.0. The van der Waals surface area contributed by atoms with Crippen molar-refractivity contribution in [3.05, 3.63) is 78.1 Å². The minimum absolute atomic E-state index is 0.0260. The molecule has 4 nitrogen and oxygen atoms in total. The van der Waals surface area contributed by atoms with E-state index in [0.29, 0.717) is 5.75 Å². The lowest BCUT2D eigenvalue weighted by atomic mass is 10.1. The molecule has 1 amide bonds. The number of benzene rings is 2. The maximum atomic E-state index is 12.0. The summed E-state index contributed by atoms with van der Waals surface area (Å²) in [5, 5.41) is 0. The highest BCUT2D eigenvalue weighted by atomic mass is 16.5. The SMILES string of the molecule is Cc1ccc(C)n1NC(=O)COc1ccc(-c2ccccc2)cc1. The van der Waals surface area contributed by atoms with Crippen molar-refractivity contribution in [2.45, 2.75) is 13.8 Å². The van der Waals surface area contributed by atoms with Crippen molar-refractivity contribution in [2.75, 3.05) is 12.0 Å². The van der Waals surface area contributed by atoms with E-state index >= 15 is 0 Å². The summed E-state index contributed by atoms with van der Waals surface area (Å²) < 4.78 is 7.32. The van der Waals surface area contributed by atoms with E-state index in [2.05, 4.69) is 17.6 Å². The summed E-state index contributed by atoms with van der Waals surface area (Å²) in [6.07, 6.45) is 0. The average Bonchev–Trinajstić information content (AvgIpc) is 2.93. The average molecular weight is 320 g/mol. The molecule has 0 bridgehead atoms. The third-order valence-electron chi connectivity index (χ3n) is 3.84. The molecular formula is C20H20N2O2. The number of carbonyl (C=O) groups is 1. The molecule has 0 fully saturated rings. The number of ether oxygens (including phenoxy) is 1. The van der Waals surface area contributed by atoms with Crippen LogP contribution in [0.15, 0.2) is 66.7 Å². The Hall–Kier alpha value is -3.01. The van der Waals surface area contributed by atoms with E-state index in [1.807, 2.05) is 68.4 Å². The van der Waals surface area contributed by atoms with E-state index in [9.17, 15) is 4.79 Å². The van der Waals surface area contributed by atoms with Crippen LogP contribution in [0.4, 0.5) is 0 Å². The Morgan fingerprint density at radius 1 is 0.875 bits per heavy atom. The number of hydrogen-bond donors (Lipinski definition) is 1. The second-order valence-corrected chi connectivity index (χ2v) is 5.67. The van der Waals surface area contributed by atoms with Gasteiger partial charge in [0.2, 0.25) is 0 Å². The van der Waals surface area contributed by atoms with Gasteiger partial charge in [-0.1, -0.05) is 42.5 Å². The Kier molecular flexibility index (Phi) is 4.66. The van der Waals surface area contributed by atoms with Crippen molar-refractivity contribution in [3.8, 4) is 16.9 Å². The standard InChI is InChI=1S/C20H20N2O2/c1-15-8-9-16(2)22(15)21-20(23)14-24-19-12-10-18(11-13-19)17-6-4-3-5-7-17/h3-13H,14H2,1-2H3,(H,21,23). The fourth-order valence-electron chi connectivity index (χ4n) is 2.52. The van der Waals surface area contributed by atoms with Crippen molar-refractivity contribution in [1.82, 2.24) is 4.68 Å². The zero-order valence-electron chi connectivity index (χ0n) is 13.8. The van der Waals surface area contributed by atoms with Gasteiger partial charge in [0, 0.05) is 11.4 Å². The van der Waals surface area contributed by atoms with Crippen LogP contribution < -0.4 is 10.2 Å². The monoisotopic (exact) mass is 320 g/mol. The largest absolute Gasteiger partial charge is 0.484 e. The molecule has 1 heterocycles. The van der Waals surface area contributed by atoms with E-state index in [1.54, 1.807) is 4.68 Å². The Balaban J connectivity index is 1.58. The minimum Gasteiger partial charge on any atom is -0.484 e. The zero-order chi connectivity index (χ0) is 16.9. The molecule has 0 spiro atoms. The van der Waals surface area contributed by atoms with Crippen LogP contribution in [0.25, 0.3) is 11.1 Å². The summed E-state index contributed by atoms with van der Waals surface area (Å²) in [5.74, 6) is 0.482. The van der Waals surface area contributed by atoms with Crippen LogP contribution in [0.1, 0.15) is 11.4 Å². The highest BCUT2D eigenvalue weighted by Crippen LogP contribution is 2.21. The summed E-state index contributed by atoms with van der Waals surface area (Å²) in [5.41, 5.74) is 7.05. The number of nitrogens with zero attached hydrogens (tertiary/aromatic N) is 1. The van der Waals surface area contributed by atoms with Gasteiger partial charge in [0.25, 0.3) is 5.91 Å². The second-order valence-electron chi connectivity index (χ2n) is 5.67. The minimum atomic E-state index is -0.190. The third-order valence-corrected chi connectivity index (χ3v) is 3.84. The fraction of sp³-hybridized carbons (Fsp3) is 0.150. The number of nitrogens with one attached hydrogen (secondary N) is 1. The normalized spacial score (nSPS) is 10.4. The fourth-order valence-corrected chi connectivity index (χ4v) is 2.52. The number of carbonyl (C=O) groups excluding carboxylic acids is 1. The predicted molar refractivity (Wildman–Crippen MR) is 95.6 cm³/mol. The van der Waals surface area contributed by atoms with Gasteiger partial charge in [-0.2, -0.15) is 0 Å². The molecule has 0 atom stereocenters. The highest BCUT2D eigenvalue weighted by molar-refractivity contribution is 5.85. The molecule has 0 saturated carbocycles. The molecule has 0 radical (unpaired) electrons. The van der Waals surface area contributed by atoms with E-state index in [-0.39, 0.29) is 12.5 Å². The van der Waals surface area contributed by atoms with E-state index in [1.165, 1.54) is 0 Å². The molecule has 0 aliphatic carbocycles. The molecular weight excluding hydrogens is 300 g/mol. The number of aromatic nitrogens is 1. The maximum Gasteiger partial charge on any atom is 0.276 e. The van der Waals surface area contributed by atoms with Crippen molar-refractivity contribution >= 4 is 5.91 Å². The smallest absolute Gasteiger partial charge is 0.276 e. The van der Waals surface area contributed by atoms with Gasteiger partial charge in [0.15, 0.2) is 6.61 Å². The van der Waals surface area contributed by atoms with Gasteiger partial charge in [0.05, 0.1) is 0 Å². The quantitative estimate of drug-likeness (QED) is 0.774. The Labute approximate surface area is 141 Å². The zero-order valence-corrected chi connectivity index (χ0v) is 13.8. The van der Waals surface area contributed by atoms with Crippen LogP contribution in [0.3, 0.4) is 0 Å². The van der Waals surface area contributed by atoms with Gasteiger partial charge in [-0.15, -0.1) is 0 Å². The summed E-state index contributed by atoms with van der Waals surface area (Å²) in [7, 11) is 0. The summed E-state index contributed by atoms with van der Waals surface area (Å²) in [6, 6.07) is 21.8. The molecule has 3 rings (SSSR count).